The zero-order valence-corrected chi connectivity index (χ0v) is 16.5. The van der Waals surface area contributed by atoms with E-state index < -0.39 is 5.97 Å². The number of nitrogens with zero attached hydrogens (tertiary/aromatic N) is 2. The number of hydrogen-bond donors (Lipinski definition) is 0. The maximum atomic E-state index is 13.5. The topological polar surface area (TPSA) is 44.1 Å². The Balaban J connectivity index is 1.62. The van der Waals surface area contributed by atoms with Crippen molar-refractivity contribution in [1.29, 1.82) is 0 Å². The molecule has 0 aliphatic carbocycles. The smallest absolute Gasteiger partial charge is 0.339 e. The molecule has 146 valence electrons. The molecule has 0 aliphatic rings. The summed E-state index contributed by atoms with van der Waals surface area (Å²) in [7, 11) is 1.33. The molecule has 0 saturated heterocycles. The van der Waals surface area contributed by atoms with E-state index in [0.717, 1.165) is 22.0 Å². The van der Waals surface area contributed by atoms with Gasteiger partial charge in [0.15, 0.2) is 0 Å². The van der Waals surface area contributed by atoms with Crippen LogP contribution in [0.2, 0.25) is 5.02 Å². The van der Waals surface area contributed by atoms with Gasteiger partial charge in [-0.2, -0.15) is 0 Å². The quantitative estimate of drug-likeness (QED) is 0.423. The average molecular weight is 409 g/mol. The highest BCUT2D eigenvalue weighted by Crippen LogP contribution is 2.23. The van der Waals surface area contributed by atoms with Crippen LogP contribution in [0.3, 0.4) is 0 Å². The summed E-state index contributed by atoms with van der Waals surface area (Å²) in [5.41, 5.74) is 3.94. The molecule has 2 aromatic carbocycles. The van der Waals surface area contributed by atoms with Crippen molar-refractivity contribution in [1.82, 2.24) is 9.55 Å². The normalized spacial score (nSPS) is 11.0. The molecule has 0 spiro atoms. The Bertz CT molecular complexity index is 1200. The van der Waals surface area contributed by atoms with Crippen LogP contribution in [0.5, 0.6) is 0 Å². The van der Waals surface area contributed by atoms with Crippen molar-refractivity contribution < 1.29 is 13.9 Å². The van der Waals surface area contributed by atoms with E-state index in [4.69, 9.17) is 16.3 Å². The van der Waals surface area contributed by atoms with Crippen LogP contribution >= 0.6 is 11.6 Å². The molecule has 4 nitrogen and oxygen atoms in total. The summed E-state index contributed by atoms with van der Waals surface area (Å²) < 4.78 is 20.4. The van der Waals surface area contributed by atoms with E-state index in [9.17, 15) is 9.18 Å². The maximum Gasteiger partial charge on any atom is 0.339 e. The Morgan fingerprint density at radius 2 is 2.00 bits per heavy atom. The molecule has 0 amide bonds. The van der Waals surface area contributed by atoms with Crippen molar-refractivity contribution in [2.45, 2.75) is 13.0 Å². The molecule has 4 rings (SSSR count). The molecule has 0 aliphatic heterocycles. The standard InChI is InChI=1S/C23H18ClFN2O2/c1-29-23(28)20-12-18(24)13-26-21(20)11-15-5-6-22-17(9-15)7-8-27(22)14-16-3-2-4-19(25)10-16/h2-10,12-13H,11,14H2,1H3. The highest BCUT2D eigenvalue weighted by molar-refractivity contribution is 6.30. The molecule has 0 radical (unpaired) electrons. The molecule has 2 heterocycles. The van der Waals surface area contributed by atoms with Crippen molar-refractivity contribution in [3.63, 3.8) is 0 Å². The average Bonchev–Trinajstić information content (AvgIpc) is 3.10. The molecular weight excluding hydrogens is 391 g/mol. The summed E-state index contributed by atoms with van der Waals surface area (Å²) in [6.45, 7) is 0.589. The van der Waals surface area contributed by atoms with Crippen LogP contribution in [0.15, 0.2) is 67.0 Å². The number of pyridine rings is 1. The third-order valence-corrected chi connectivity index (χ3v) is 5.00. The van der Waals surface area contributed by atoms with Crippen LogP contribution in [0.1, 0.15) is 27.2 Å². The lowest BCUT2D eigenvalue weighted by Gasteiger charge is -2.09. The van der Waals surface area contributed by atoms with Gasteiger partial charge in [-0.1, -0.05) is 29.8 Å². The summed E-state index contributed by atoms with van der Waals surface area (Å²) in [5, 5.41) is 1.45. The Labute approximate surface area is 172 Å². The van der Waals surface area contributed by atoms with Crippen molar-refractivity contribution in [3.8, 4) is 0 Å². The van der Waals surface area contributed by atoms with Gasteiger partial charge in [0.1, 0.15) is 5.82 Å². The first-order chi connectivity index (χ1) is 14.0. The lowest BCUT2D eigenvalue weighted by molar-refractivity contribution is 0.0599. The predicted octanol–water partition coefficient (Wildman–Crippen LogP) is 5.25. The molecule has 29 heavy (non-hydrogen) atoms. The number of hydrogen-bond acceptors (Lipinski definition) is 3. The lowest BCUT2D eigenvalue weighted by atomic mass is 10.0. The fourth-order valence-corrected chi connectivity index (χ4v) is 3.58. The van der Waals surface area contributed by atoms with Crippen LogP contribution in [0.25, 0.3) is 10.9 Å². The Hall–Kier alpha value is -3.18. The van der Waals surface area contributed by atoms with Crippen molar-refractivity contribution >= 4 is 28.5 Å². The zero-order chi connectivity index (χ0) is 20.4. The fraction of sp³-hybridized carbons (Fsp3) is 0.130. The number of benzene rings is 2. The minimum absolute atomic E-state index is 0.238. The van der Waals surface area contributed by atoms with E-state index in [1.54, 1.807) is 18.2 Å². The van der Waals surface area contributed by atoms with Crippen molar-refractivity contribution in [2.24, 2.45) is 0 Å². The van der Waals surface area contributed by atoms with Crippen LogP contribution < -0.4 is 0 Å². The molecule has 6 heteroatoms. The predicted molar refractivity (Wildman–Crippen MR) is 111 cm³/mol. The summed E-state index contributed by atoms with van der Waals surface area (Å²) in [4.78, 5) is 16.4. The van der Waals surface area contributed by atoms with Gasteiger partial charge in [-0.3, -0.25) is 4.98 Å². The lowest BCUT2D eigenvalue weighted by Crippen LogP contribution is -2.08. The number of halogens is 2. The number of ether oxygens (including phenoxy) is 1. The summed E-state index contributed by atoms with van der Waals surface area (Å²) >= 11 is 5.98. The van der Waals surface area contributed by atoms with Crippen LogP contribution in [-0.2, 0) is 17.7 Å². The van der Waals surface area contributed by atoms with Crippen LogP contribution in [0, 0.1) is 5.82 Å². The molecule has 0 fully saturated rings. The minimum atomic E-state index is -0.461. The van der Waals surface area contributed by atoms with Gasteiger partial charge in [-0.05, 0) is 52.9 Å². The summed E-state index contributed by atoms with van der Waals surface area (Å²) in [6, 6.07) is 16.3. The van der Waals surface area contributed by atoms with Crippen LogP contribution in [-0.4, -0.2) is 22.6 Å². The summed E-state index contributed by atoms with van der Waals surface area (Å²) in [5.74, 6) is -0.699. The number of carbonyl (C=O) groups excluding carboxylic acids is 1. The largest absolute Gasteiger partial charge is 0.465 e. The van der Waals surface area contributed by atoms with Gasteiger partial charge in [-0.15, -0.1) is 0 Å². The second-order valence-electron chi connectivity index (χ2n) is 6.78. The van der Waals surface area contributed by atoms with Gasteiger partial charge in [0.25, 0.3) is 0 Å². The number of fused-ring (bicyclic) bond motifs is 1. The van der Waals surface area contributed by atoms with Gasteiger partial charge >= 0.3 is 5.97 Å². The monoisotopic (exact) mass is 408 g/mol. The molecule has 0 bridgehead atoms. The van der Waals surface area contributed by atoms with E-state index in [-0.39, 0.29) is 5.82 Å². The van der Waals surface area contributed by atoms with E-state index in [1.165, 1.54) is 19.4 Å². The van der Waals surface area contributed by atoms with Gasteiger partial charge in [0.2, 0.25) is 0 Å². The number of carbonyl (C=O) groups is 1. The molecule has 4 aromatic rings. The highest BCUT2D eigenvalue weighted by atomic mass is 35.5. The third kappa shape index (κ3) is 4.15. The van der Waals surface area contributed by atoms with Gasteiger partial charge in [0, 0.05) is 30.9 Å². The number of esters is 1. The first-order valence-electron chi connectivity index (χ1n) is 9.08. The Morgan fingerprint density at radius 1 is 1.14 bits per heavy atom. The van der Waals surface area contributed by atoms with Crippen molar-refractivity contribution in [3.05, 3.63) is 100 Å². The fourth-order valence-electron chi connectivity index (χ4n) is 3.42. The minimum Gasteiger partial charge on any atom is -0.465 e. The first-order valence-corrected chi connectivity index (χ1v) is 9.46. The molecular formula is C23H18ClFN2O2. The number of aromatic nitrogens is 2. The molecule has 0 unspecified atom stereocenters. The van der Waals surface area contributed by atoms with Crippen molar-refractivity contribution in [2.75, 3.05) is 7.11 Å². The molecule has 0 N–H and O–H groups in total. The second-order valence-corrected chi connectivity index (χ2v) is 7.22. The second kappa shape index (κ2) is 8.05. The number of methoxy groups -OCH3 is 1. The van der Waals surface area contributed by atoms with E-state index in [2.05, 4.69) is 15.6 Å². The zero-order valence-electron chi connectivity index (χ0n) is 15.7. The molecule has 0 saturated carbocycles. The van der Waals surface area contributed by atoms with Gasteiger partial charge in [0.05, 0.1) is 23.4 Å². The van der Waals surface area contributed by atoms with Gasteiger partial charge < -0.3 is 9.30 Å². The number of rotatable bonds is 5. The van der Waals surface area contributed by atoms with E-state index in [0.29, 0.717) is 29.2 Å². The summed E-state index contributed by atoms with van der Waals surface area (Å²) in [6.07, 6.45) is 3.99. The molecule has 2 aromatic heterocycles. The SMILES string of the molecule is COC(=O)c1cc(Cl)cnc1Cc1ccc2c(ccn2Cc2cccc(F)c2)c1. The Kier molecular flexibility index (Phi) is 5.32. The Morgan fingerprint density at radius 3 is 2.79 bits per heavy atom. The molecule has 0 atom stereocenters. The first kappa shape index (κ1) is 19.2. The maximum absolute atomic E-state index is 13.5. The van der Waals surface area contributed by atoms with Gasteiger partial charge in [-0.25, -0.2) is 9.18 Å². The third-order valence-electron chi connectivity index (χ3n) is 4.79. The van der Waals surface area contributed by atoms with E-state index in [1.807, 2.05) is 30.5 Å². The van der Waals surface area contributed by atoms with Crippen LogP contribution in [0.4, 0.5) is 4.39 Å². The van der Waals surface area contributed by atoms with E-state index >= 15 is 0 Å². The highest BCUT2D eigenvalue weighted by Gasteiger charge is 2.15.